The van der Waals surface area contributed by atoms with Crippen molar-refractivity contribution in [1.29, 1.82) is 0 Å². The SMILES string of the molecule is O[C@H]1/C(=C/c2ccc3c(c2)OCO3)[NH+]2CCC1CC2. The molecule has 2 N–H and O–H groups in total. The van der Waals surface area contributed by atoms with Crippen LogP contribution in [0, 0.1) is 5.92 Å². The van der Waals surface area contributed by atoms with E-state index in [2.05, 4.69) is 6.08 Å². The molecule has 0 aromatic heterocycles. The van der Waals surface area contributed by atoms with Gasteiger partial charge in [0.15, 0.2) is 11.5 Å². The summed E-state index contributed by atoms with van der Waals surface area (Å²) in [6.45, 7) is 2.60. The van der Waals surface area contributed by atoms with Gasteiger partial charge in [0, 0.05) is 24.8 Å². The van der Waals surface area contributed by atoms with Gasteiger partial charge in [-0.15, -0.1) is 0 Å². The second-order valence-electron chi connectivity index (χ2n) is 5.60. The molecule has 4 aliphatic heterocycles. The lowest BCUT2D eigenvalue weighted by Gasteiger charge is -2.41. The van der Waals surface area contributed by atoms with E-state index in [1.165, 1.54) is 4.90 Å². The molecule has 4 heterocycles. The molecule has 0 saturated carbocycles. The van der Waals surface area contributed by atoms with E-state index in [9.17, 15) is 5.11 Å². The lowest BCUT2D eigenvalue weighted by atomic mass is 9.83. The van der Waals surface area contributed by atoms with Crippen LogP contribution in [0.5, 0.6) is 11.5 Å². The summed E-state index contributed by atoms with van der Waals surface area (Å²) in [6.07, 6.45) is 4.14. The number of aliphatic hydroxyl groups is 1. The first kappa shape index (κ1) is 11.3. The minimum atomic E-state index is -0.275. The average Bonchev–Trinajstić information content (AvgIpc) is 2.91. The van der Waals surface area contributed by atoms with Gasteiger partial charge in [0.05, 0.1) is 13.1 Å². The van der Waals surface area contributed by atoms with E-state index in [0.717, 1.165) is 48.7 Å². The molecule has 0 spiro atoms. The van der Waals surface area contributed by atoms with E-state index < -0.39 is 0 Å². The molecule has 0 amide bonds. The van der Waals surface area contributed by atoms with E-state index >= 15 is 0 Å². The Morgan fingerprint density at radius 3 is 2.74 bits per heavy atom. The fourth-order valence-corrected chi connectivity index (χ4v) is 3.43. The number of aliphatic hydroxyl groups excluding tert-OH is 1. The van der Waals surface area contributed by atoms with Gasteiger partial charge in [-0.05, 0) is 17.7 Å². The molecule has 4 nitrogen and oxygen atoms in total. The highest BCUT2D eigenvalue weighted by Gasteiger charge is 2.41. The number of hydrogen-bond donors (Lipinski definition) is 2. The van der Waals surface area contributed by atoms with Crippen molar-refractivity contribution in [1.82, 2.24) is 0 Å². The van der Waals surface area contributed by atoms with Crippen molar-refractivity contribution in [3.8, 4) is 11.5 Å². The standard InChI is InChI=1S/C15H17NO3/c17-15-11-3-5-16(6-4-11)12(15)7-10-1-2-13-14(8-10)19-9-18-13/h1-2,7-8,11,15,17H,3-6,9H2/p+1/b12-7-/t15-/m1/s1. The van der Waals surface area contributed by atoms with Crippen molar-refractivity contribution < 1.29 is 19.5 Å². The van der Waals surface area contributed by atoms with Crippen LogP contribution in [0.15, 0.2) is 23.9 Å². The zero-order valence-electron chi connectivity index (χ0n) is 10.8. The highest BCUT2D eigenvalue weighted by molar-refractivity contribution is 5.58. The van der Waals surface area contributed by atoms with Gasteiger partial charge in [0.2, 0.25) is 6.79 Å². The van der Waals surface area contributed by atoms with Crippen LogP contribution < -0.4 is 14.4 Å². The van der Waals surface area contributed by atoms with Gasteiger partial charge >= 0.3 is 0 Å². The fraction of sp³-hybridized carbons (Fsp3) is 0.467. The molecule has 0 aliphatic carbocycles. The zero-order valence-corrected chi connectivity index (χ0v) is 10.8. The predicted octanol–water partition coefficient (Wildman–Crippen LogP) is 0.426. The van der Waals surface area contributed by atoms with Crippen molar-refractivity contribution in [2.45, 2.75) is 18.9 Å². The Balaban J connectivity index is 1.68. The summed E-state index contributed by atoms with van der Waals surface area (Å²) in [5, 5.41) is 10.4. The summed E-state index contributed by atoms with van der Waals surface area (Å²) in [6, 6.07) is 5.95. The summed E-state index contributed by atoms with van der Waals surface area (Å²) in [7, 11) is 0. The molecule has 2 bridgehead atoms. The van der Waals surface area contributed by atoms with E-state index in [4.69, 9.17) is 9.47 Å². The van der Waals surface area contributed by atoms with E-state index in [1.54, 1.807) is 0 Å². The maximum atomic E-state index is 10.4. The van der Waals surface area contributed by atoms with Gasteiger partial charge in [-0.3, -0.25) is 0 Å². The Morgan fingerprint density at radius 1 is 1.16 bits per heavy atom. The third-order valence-corrected chi connectivity index (χ3v) is 4.53. The summed E-state index contributed by atoms with van der Waals surface area (Å²) >= 11 is 0. The number of benzene rings is 1. The second-order valence-corrected chi connectivity index (χ2v) is 5.60. The van der Waals surface area contributed by atoms with Crippen LogP contribution in [0.3, 0.4) is 0 Å². The van der Waals surface area contributed by atoms with Crippen molar-refractivity contribution in [2.24, 2.45) is 5.92 Å². The number of fused-ring (bicyclic) bond motifs is 4. The number of ether oxygens (including phenoxy) is 2. The Morgan fingerprint density at radius 2 is 1.95 bits per heavy atom. The molecule has 4 aliphatic rings. The quantitative estimate of drug-likeness (QED) is 0.769. The number of rotatable bonds is 1. The lowest BCUT2D eigenvalue weighted by molar-refractivity contribution is -0.880. The molecule has 1 aromatic rings. The molecule has 100 valence electrons. The lowest BCUT2D eigenvalue weighted by Crippen LogP contribution is -3.14. The van der Waals surface area contributed by atoms with Gasteiger partial charge in [0.1, 0.15) is 11.8 Å². The molecule has 19 heavy (non-hydrogen) atoms. The smallest absolute Gasteiger partial charge is 0.231 e. The summed E-state index contributed by atoms with van der Waals surface area (Å²) < 4.78 is 10.7. The molecule has 5 rings (SSSR count). The number of piperidine rings is 3. The van der Waals surface area contributed by atoms with Crippen LogP contribution in [0.4, 0.5) is 0 Å². The Bertz CT molecular complexity index is 528. The third-order valence-electron chi connectivity index (χ3n) is 4.53. The van der Waals surface area contributed by atoms with E-state index in [1.807, 2.05) is 18.2 Å². The monoisotopic (exact) mass is 260 g/mol. The average molecular weight is 260 g/mol. The van der Waals surface area contributed by atoms with Gasteiger partial charge in [-0.25, -0.2) is 0 Å². The summed E-state index contributed by atoms with van der Waals surface area (Å²) in [4.78, 5) is 1.44. The van der Waals surface area contributed by atoms with Crippen LogP contribution >= 0.6 is 0 Å². The highest BCUT2D eigenvalue weighted by Crippen LogP contribution is 2.33. The first-order chi connectivity index (χ1) is 9.31. The second kappa shape index (κ2) is 4.25. The predicted molar refractivity (Wildman–Crippen MR) is 70.0 cm³/mol. The molecule has 0 unspecified atom stereocenters. The van der Waals surface area contributed by atoms with Crippen LogP contribution in [-0.4, -0.2) is 31.1 Å². The Kier molecular flexibility index (Phi) is 2.53. The normalized spacial score (nSPS) is 33.9. The largest absolute Gasteiger partial charge is 0.454 e. The first-order valence-corrected chi connectivity index (χ1v) is 6.95. The van der Waals surface area contributed by atoms with E-state index in [-0.39, 0.29) is 6.10 Å². The molecular weight excluding hydrogens is 242 g/mol. The summed E-state index contributed by atoms with van der Waals surface area (Å²) in [5.41, 5.74) is 2.22. The number of hydrogen-bond acceptors (Lipinski definition) is 3. The van der Waals surface area contributed by atoms with Crippen molar-refractivity contribution >= 4 is 6.08 Å². The first-order valence-electron chi connectivity index (χ1n) is 6.95. The van der Waals surface area contributed by atoms with Gasteiger partial charge in [-0.1, -0.05) is 6.07 Å². The van der Waals surface area contributed by atoms with E-state index in [0.29, 0.717) is 12.7 Å². The highest BCUT2D eigenvalue weighted by atomic mass is 16.7. The number of quaternary nitrogens is 1. The molecule has 0 radical (unpaired) electrons. The maximum Gasteiger partial charge on any atom is 0.231 e. The Labute approximate surface area is 112 Å². The summed E-state index contributed by atoms with van der Waals surface area (Å²) in [5.74, 6) is 2.06. The molecular formula is C15H18NO3+. The van der Waals surface area contributed by atoms with Gasteiger partial charge in [0.25, 0.3) is 0 Å². The molecule has 3 fully saturated rings. The zero-order chi connectivity index (χ0) is 12.8. The van der Waals surface area contributed by atoms with Crippen molar-refractivity contribution in [2.75, 3.05) is 19.9 Å². The van der Waals surface area contributed by atoms with Gasteiger partial charge in [-0.2, -0.15) is 0 Å². The van der Waals surface area contributed by atoms with Crippen molar-refractivity contribution in [3.05, 3.63) is 29.5 Å². The van der Waals surface area contributed by atoms with Crippen LogP contribution in [0.2, 0.25) is 0 Å². The third kappa shape index (κ3) is 1.83. The topological polar surface area (TPSA) is 43.1 Å². The van der Waals surface area contributed by atoms with Gasteiger partial charge < -0.3 is 19.5 Å². The molecule has 3 saturated heterocycles. The maximum absolute atomic E-state index is 10.4. The molecule has 1 aromatic carbocycles. The van der Waals surface area contributed by atoms with Crippen LogP contribution in [-0.2, 0) is 0 Å². The van der Waals surface area contributed by atoms with Crippen LogP contribution in [0.25, 0.3) is 6.08 Å². The molecule has 1 atom stereocenters. The Hall–Kier alpha value is -1.52. The van der Waals surface area contributed by atoms with Crippen molar-refractivity contribution in [3.63, 3.8) is 0 Å². The minimum absolute atomic E-state index is 0.275. The minimum Gasteiger partial charge on any atom is -0.454 e. The number of nitrogens with one attached hydrogen (secondary N) is 1. The fourth-order valence-electron chi connectivity index (χ4n) is 3.43. The van der Waals surface area contributed by atoms with Crippen LogP contribution in [0.1, 0.15) is 18.4 Å². The molecule has 4 heteroatoms.